The Morgan fingerprint density at radius 2 is 1.85 bits per heavy atom. The Kier molecular flexibility index (Phi) is 5.42. The maximum absolute atomic E-state index is 11.7. The van der Waals surface area contributed by atoms with Gasteiger partial charge in [-0.2, -0.15) is 5.26 Å². The van der Waals surface area contributed by atoms with Crippen molar-refractivity contribution in [3.05, 3.63) is 70.8 Å². The Morgan fingerprint density at radius 3 is 2.56 bits per heavy atom. The molecule has 0 aliphatic heterocycles. The number of nitriles is 1. The third-order valence-corrected chi connectivity index (χ3v) is 4.59. The van der Waals surface area contributed by atoms with Crippen LogP contribution < -0.4 is 4.74 Å². The molecule has 4 nitrogen and oxygen atoms in total. The molecule has 0 aliphatic carbocycles. The number of ketones is 1. The summed E-state index contributed by atoms with van der Waals surface area (Å²) in [6.45, 7) is 3.79. The molecule has 0 spiro atoms. The van der Waals surface area contributed by atoms with E-state index in [9.17, 15) is 9.90 Å². The van der Waals surface area contributed by atoms with Gasteiger partial charge in [0.25, 0.3) is 0 Å². The molecule has 0 saturated heterocycles. The van der Waals surface area contributed by atoms with Crippen molar-refractivity contribution in [2.24, 2.45) is 0 Å². The molecule has 0 amide bonds. The van der Waals surface area contributed by atoms with Gasteiger partial charge < -0.3 is 9.84 Å². The first-order valence-corrected chi connectivity index (χ1v) is 8.95. The van der Waals surface area contributed by atoms with E-state index in [1.165, 1.54) is 6.92 Å². The molecule has 4 heteroatoms. The van der Waals surface area contributed by atoms with Crippen LogP contribution in [0.3, 0.4) is 0 Å². The minimum Gasteiger partial charge on any atom is -0.507 e. The summed E-state index contributed by atoms with van der Waals surface area (Å²) in [5.41, 5.74) is 2.62. The van der Waals surface area contributed by atoms with Gasteiger partial charge in [-0.05, 0) is 60.0 Å². The van der Waals surface area contributed by atoms with Crippen molar-refractivity contribution in [2.45, 2.75) is 33.3 Å². The molecule has 0 fully saturated rings. The lowest BCUT2D eigenvalue weighted by Crippen LogP contribution is -2.04. The fraction of sp³-hybridized carbons (Fsp3) is 0.217. The summed E-state index contributed by atoms with van der Waals surface area (Å²) in [7, 11) is 0. The number of phenolic OH excluding ortho intramolecular Hbond substituents is 1. The van der Waals surface area contributed by atoms with E-state index in [0.29, 0.717) is 29.9 Å². The molecule has 0 unspecified atom stereocenters. The van der Waals surface area contributed by atoms with E-state index in [-0.39, 0.29) is 11.5 Å². The van der Waals surface area contributed by atoms with Crippen LogP contribution in [0.15, 0.2) is 48.5 Å². The van der Waals surface area contributed by atoms with Crippen LogP contribution in [-0.4, -0.2) is 10.9 Å². The Morgan fingerprint density at radius 1 is 1.11 bits per heavy atom. The molecule has 0 atom stereocenters. The predicted molar refractivity (Wildman–Crippen MR) is 105 cm³/mol. The highest BCUT2D eigenvalue weighted by molar-refractivity contribution is 5.97. The maximum Gasteiger partial charge on any atom is 0.163 e. The molecule has 0 radical (unpaired) electrons. The predicted octanol–water partition coefficient (Wildman–Crippen LogP) is 5.15. The number of nitrogens with zero attached hydrogens (tertiary/aromatic N) is 1. The van der Waals surface area contributed by atoms with Crippen LogP contribution in [-0.2, 0) is 13.0 Å². The average Bonchev–Trinajstić information content (AvgIpc) is 2.67. The first-order chi connectivity index (χ1) is 13.0. The molecule has 27 heavy (non-hydrogen) atoms. The van der Waals surface area contributed by atoms with Crippen molar-refractivity contribution in [1.82, 2.24) is 0 Å². The summed E-state index contributed by atoms with van der Waals surface area (Å²) in [6, 6.07) is 16.9. The van der Waals surface area contributed by atoms with Gasteiger partial charge in [-0.25, -0.2) is 0 Å². The van der Waals surface area contributed by atoms with Gasteiger partial charge in [0.05, 0.1) is 17.2 Å². The number of fused-ring (bicyclic) bond motifs is 1. The Balaban J connectivity index is 1.86. The number of carbonyl (C=O) groups is 1. The summed E-state index contributed by atoms with van der Waals surface area (Å²) in [5.74, 6) is 0.626. The molecule has 1 N–H and O–H groups in total. The lowest BCUT2D eigenvalue weighted by Gasteiger charge is -2.15. The van der Waals surface area contributed by atoms with Crippen LogP contribution in [0.5, 0.6) is 11.5 Å². The highest BCUT2D eigenvalue weighted by Gasteiger charge is 2.15. The quantitative estimate of drug-likeness (QED) is 0.618. The number of aromatic hydroxyl groups is 1. The molecular weight excluding hydrogens is 338 g/mol. The largest absolute Gasteiger partial charge is 0.507 e. The van der Waals surface area contributed by atoms with Crippen molar-refractivity contribution in [1.29, 1.82) is 5.26 Å². The molecule has 0 bridgehead atoms. The van der Waals surface area contributed by atoms with Gasteiger partial charge in [0, 0.05) is 5.56 Å². The molecule has 136 valence electrons. The third-order valence-electron chi connectivity index (χ3n) is 4.59. The van der Waals surface area contributed by atoms with Crippen LogP contribution in [0.4, 0.5) is 0 Å². The molecule has 3 aromatic rings. The Labute approximate surface area is 158 Å². The number of hydrogen-bond acceptors (Lipinski definition) is 4. The van der Waals surface area contributed by atoms with Gasteiger partial charge in [0.2, 0.25) is 0 Å². The molecule has 3 rings (SSSR count). The first-order valence-electron chi connectivity index (χ1n) is 8.95. The Bertz CT molecular complexity index is 1050. The van der Waals surface area contributed by atoms with Gasteiger partial charge in [0.1, 0.15) is 18.1 Å². The molecule has 0 saturated carbocycles. The van der Waals surface area contributed by atoms with E-state index in [2.05, 4.69) is 6.07 Å². The van der Waals surface area contributed by atoms with E-state index in [0.717, 1.165) is 28.3 Å². The Hall–Kier alpha value is -3.32. The van der Waals surface area contributed by atoms with E-state index in [1.54, 1.807) is 12.1 Å². The second-order valence-corrected chi connectivity index (χ2v) is 6.53. The van der Waals surface area contributed by atoms with Crippen LogP contribution in [0.1, 0.15) is 47.3 Å². The van der Waals surface area contributed by atoms with Crippen molar-refractivity contribution >= 4 is 16.6 Å². The highest BCUT2D eigenvalue weighted by atomic mass is 16.5. The van der Waals surface area contributed by atoms with Gasteiger partial charge in [-0.1, -0.05) is 31.5 Å². The number of benzene rings is 3. The number of phenols is 1. The average molecular weight is 359 g/mol. The smallest absolute Gasteiger partial charge is 0.163 e. The minimum absolute atomic E-state index is 0.0630. The van der Waals surface area contributed by atoms with Gasteiger partial charge in [-0.3, -0.25) is 4.79 Å². The summed E-state index contributed by atoms with van der Waals surface area (Å²) in [4.78, 5) is 11.7. The van der Waals surface area contributed by atoms with Crippen molar-refractivity contribution < 1.29 is 14.6 Å². The summed E-state index contributed by atoms with van der Waals surface area (Å²) >= 11 is 0. The fourth-order valence-corrected chi connectivity index (χ4v) is 3.17. The van der Waals surface area contributed by atoms with Crippen molar-refractivity contribution in [2.75, 3.05) is 0 Å². The summed E-state index contributed by atoms with van der Waals surface area (Å²) in [6.07, 6.45) is 1.54. The van der Waals surface area contributed by atoms with E-state index < -0.39 is 0 Å². The topological polar surface area (TPSA) is 70.3 Å². The minimum atomic E-state index is -0.149. The van der Waals surface area contributed by atoms with Crippen molar-refractivity contribution in [3.8, 4) is 17.6 Å². The zero-order chi connectivity index (χ0) is 19.4. The fourth-order valence-electron chi connectivity index (χ4n) is 3.17. The zero-order valence-electron chi connectivity index (χ0n) is 15.5. The van der Waals surface area contributed by atoms with Crippen molar-refractivity contribution in [3.63, 3.8) is 0 Å². The lowest BCUT2D eigenvalue weighted by molar-refractivity contribution is 0.101. The number of Topliss-reactive ketones (excluding diaryl/α,β-unsaturated/α-hetero) is 1. The number of hydrogen-bond donors (Lipinski definition) is 1. The second kappa shape index (κ2) is 7.92. The first kappa shape index (κ1) is 18.5. The highest BCUT2D eigenvalue weighted by Crippen LogP contribution is 2.29. The monoisotopic (exact) mass is 359 g/mol. The summed E-state index contributed by atoms with van der Waals surface area (Å²) < 4.78 is 5.94. The molecule has 0 heterocycles. The van der Waals surface area contributed by atoms with E-state index in [1.807, 2.05) is 43.3 Å². The number of carbonyl (C=O) groups excluding carboxylic acids is 1. The normalized spacial score (nSPS) is 10.6. The van der Waals surface area contributed by atoms with Gasteiger partial charge in [0.15, 0.2) is 5.78 Å². The zero-order valence-corrected chi connectivity index (χ0v) is 15.5. The van der Waals surface area contributed by atoms with Crippen LogP contribution in [0.25, 0.3) is 10.8 Å². The summed E-state index contributed by atoms with van der Waals surface area (Å²) in [5, 5.41) is 21.4. The van der Waals surface area contributed by atoms with E-state index in [4.69, 9.17) is 10.00 Å². The van der Waals surface area contributed by atoms with Crippen LogP contribution >= 0.6 is 0 Å². The van der Waals surface area contributed by atoms with E-state index >= 15 is 0 Å². The number of rotatable bonds is 6. The molecular formula is C23H21NO3. The van der Waals surface area contributed by atoms with Crippen LogP contribution in [0.2, 0.25) is 0 Å². The van der Waals surface area contributed by atoms with Gasteiger partial charge in [-0.15, -0.1) is 0 Å². The standard InChI is InChI=1S/C23H21NO3/c1-3-4-22-19(8-10-21(15(2)25)23(22)26)14-27-20-9-7-17-11-16(13-24)5-6-18(17)12-20/h5-12,26H,3-4,14H2,1-2H3. The molecule has 0 aromatic heterocycles. The van der Waals surface area contributed by atoms with Gasteiger partial charge >= 0.3 is 0 Å². The number of ether oxygens (including phenoxy) is 1. The van der Waals surface area contributed by atoms with Crippen LogP contribution in [0, 0.1) is 11.3 Å². The molecule has 0 aliphatic rings. The lowest BCUT2D eigenvalue weighted by atomic mass is 9.97. The molecule has 3 aromatic carbocycles. The third kappa shape index (κ3) is 3.93. The second-order valence-electron chi connectivity index (χ2n) is 6.53. The maximum atomic E-state index is 11.7. The SMILES string of the molecule is CCCc1c(COc2ccc3cc(C#N)ccc3c2)ccc(C(C)=O)c1O.